The Bertz CT molecular complexity index is 581. The summed E-state index contributed by atoms with van der Waals surface area (Å²) in [5.74, 6) is 0.697. The van der Waals surface area contributed by atoms with E-state index in [1.165, 1.54) is 0 Å². The van der Waals surface area contributed by atoms with E-state index >= 15 is 0 Å². The van der Waals surface area contributed by atoms with Crippen LogP contribution in [0.5, 0.6) is 5.75 Å². The lowest BCUT2D eigenvalue weighted by Crippen LogP contribution is -2.37. The number of para-hydroxylation sites is 1. The Kier molecular flexibility index (Phi) is 6.01. The molecule has 1 heterocycles. The van der Waals surface area contributed by atoms with Crippen LogP contribution in [0, 0.1) is 0 Å². The molecule has 1 amide bonds. The molecule has 0 aliphatic heterocycles. The Labute approximate surface area is 131 Å². The summed E-state index contributed by atoms with van der Waals surface area (Å²) in [6, 6.07) is 7.82. The third-order valence-corrected chi connectivity index (χ3v) is 3.48. The Morgan fingerprint density at radius 2 is 2.23 bits per heavy atom. The number of nitrogens with one attached hydrogen (secondary N) is 1. The molecule has 0 aliphatic rings. The largest absolute Gasteiger partial charge is 0.481 e. The Morgan fingerprint density at radius 3 is 2.95 bits per heavy atom. The van der Waals surface area contributed by atoms with Crippen LogP contribution in [0.25, 0.3) is 0 Å². The summed E-state index contributed by atoms with van der Waals surface area (Å²) in [6.07, 6.45) is 6.68. The van der Waals surface area contributed by atoms with Gasteiger partial charge in [-0.3, -0.25) is 4.79 Å². The first-order valence-corrected chi connectivity index (χ1v) is 7.68. The smallest absolute Gasteiger partial charge is 0.260 e. The number of carbonyl (C=O) groups is 1. The van der Waals surface area contributed by atoms with Crippen LogP contribution >= 0.6 is 0 Å². The number of aryl methyl sites for hydroxylation is 2. The molecule has 0 bridgehead atoms. The van der Waals surface area contributed by atoms with Crippen LogP contribution in [0.4, 0.5) is 0 Å². The predicted molar refractivity (Wildman–Crippen MR) is 85.8 cm³/mol. The van der Waals surface area contributed by atoms with Gasteiger partial charge in [-0.15, -0.1) is 0 Å². The van der Waals surface area contributed by atoms with Gasteiger partial charge in [0.15, 0.2) is 6.10 Å². The summed E-state index contributed by atoms with van der Waals surface area (Å²) >= 11 is 0. The Balaban J connectivity index is 1.74. The van der Waals surface area contributed by atoms with Crippen LogP contribution in [0.1, 0.15) is 25.8 Å². The van der Waals surface area contributed by atoms with Crippen molar-refractivity contribution < 1.29 is 9.53 Å². The molecular weight excluding hydrogens is 278 g/mol. The summed E-state index contributed by atoms with van der Waals surface area (Å²) in [7, 11) is 0. The van der Waals surface area contributed by atoms with E-state index in [-0.39, 0.29) is 5.91 Å². The SMILES string of the molecule is CCc1ccccc1O[C@@H](C)C(=O)NCCCn1ccnc1. The molecule has 0 unspecified atom stereocenters. The van der Waals surface area contributed by atoms with Crippen LogP contribution in [-0.2, 0) is 17.8 Å². The topological polar surface area (TPSA) is 56.1 Å². The maximum atomic E-state index is 12.1. The lowest BCUT2D eigenvalue weighted by Gasteiger charge is -2.16. The second-order valence-corrected chi connectivity index (χ2v) is 5.17. The van der Waals surface area contributed by atoms with Crippen LogP contribution in [0.15, 0.2) is 43.0 Å². The van der Waals surface area contributed by atoms with Gasteiger partial charge in [0.05, 0.1) is 6.33 Å². The van der Waals surface area contributed by atoms with Crippen molar-refractivity contribution in [3.63, 3.8) is 0 Å². The summed E-state index contributed by atoms with van der Waals surface area (Å²) in [5.41, 5.74) is 1.11. The van der Waals surface area contributed by atoms with Gasteiger partial charge < -0.3 is 14.6 Å². The maximum absolute atomic E-state index is 12.1. The standard InChI is InChI=1S/C17H23N3O2/c1-3-15-7-4-5-8-16(15)22-14(2)17(21)19-9-6-11-20-12-10-18-13-20/h4-5,7-8,10,12-14H,3,6,9,11H2,1-2H3,(H,19,21)/t14-/m0/s1. The number of aromatic nitrogens is 2. The molecule has 1 aromatic heterocycles. The minimum Gasteiger partial charge on any atom is -0.481 e. The number of nitrogens with zero attached hydrogens (tertiary/aromatic N) is 2. The van der Waals surface area contributed by atoms with Crippen molar-refractivity contribution >= 4 is 5.91 Å². The summed E-state index contributed by atoms with van der Waals surface area (Å²) < 4.78 is 7.76. The number of amides is 1. The molecule has 0 fully saturated rings. The van der Waals surface area contributed by atoms with Gasteiger partial charge in [0.25, 0.3) is 5.91 Å². The normalized spacial score (nSPS) is 11.9. The summed E-state index contributed by atoms with van der Waals surface area (Å²) in [5, 5.41) is 2.90. The molecule has 2 aromatic rings. The van der Waals surface area contributed by atoms with Gasteiger partial charge >= 0.3 is 0 Å². The van der Waals surface area contributed by atoms with Crippen molar-refractivity contribution in [2.75, 3.05) is 6.54 Å². The second-order valence-electron chi connectivity index (χ2n) is 5.17. The van der Waals surface area contributed by atoms with E-state index in [0.29, 0.717) is 6.54 Å². The highest BCUT2D eigenvalue weighted by molar-refractivity contribution is 5.80. The zero-order valence-electron chi connectivity index (χ0n) is 13.2. The maximum Gasteiger partial charge on any atom is 0.260 e. The number of benzene rings is 1. The first-order chi connectivity index (χ1) is 10.7. The molecule has 5 heteroatoms. The van der Waals surface area contributed by atoms with E-state index in [2.05, 4.69) is 17.2 Å². The molecule has 118 valence electrons. The third kappa shape index (κ3) is 4.62. The quantitative estimate of drug-likeness (QED) is 0.762. The van der Waals surface area contributed by atoms with E-state index in [4.69, 9.17) is 4.74 Å². The molecule has 1 atom stereocenters. The monoisotopic (exact) mass is 301 g/mol. The summed E-state index contributed by atoms with van der Waals surface area (Å²) in [4.78, 5) is 16.0. The number of hydrogen-bond acceptors (Lipinski definition) is 3. The number of rotatable bonds is 8. The van der Waals surface area contributed by atoms with Crippen LogP contribution in [-0.4, -0.2) is 28.1 Å². The van der Waals surface area contributed by atoms with Crippen molar-refractivity contribution in [1.82, 2.24) is 14.9 Å². The van der Waals surface area contributed by atoms with E-state index in [9.17, 15) is 4.79 Å². The molecule has 0 radical (unpaired) electrons. The number of imidazole rings is 1. The Morgan fingerprint density at radius 1 is 1.41 bits per heavy atom. The molecular formula is C17H23N3O2. The van der Waals surface area contributed by atoms with Crippen molar-refractivity contribution in [3.05, 3.63) is 48.5 Å². The van der Waals surface area contributed by atoms with Gasteiger partial charge in [-0.2, -0.15) is 0 Å². The fourth-order valence-corrected chi connectivity index (χ4v) is 2.19. The van der Waals surface area contributed by atoms with Crippen LogP contribution < -0.4 is 10.1 Å². The molecule has 1 N–H and O–H groups in total. The van der Waals surface area contributed by atoms with Gasteiger partial charge in [0, 0.05) is 25.5 Å². The summed E-state index contributed by atoms with van der Waals surface area (Å²) in [6.45, 7) is 5.31. The van der Waals surface area contributed by atoms with Crippen molar-refractivity contribution in [2.45, 2.75) is 39.3 Å². The van der Waals surface area contributed by atoms with Gasteiger partial charge in [-0.25, -0.2) is 4.98 Å². The molecule has 2 rings (SSSR count). The lowest BCUT2D eigenvalue weighted by molar-refractivity contribution is -0.127. The highest BCUT2D eigenvalue weighted by atomic mass is 16.5. The van der Waals surface area contributed by atoms with Crippen LogP contribution in [0.3, 0.4) is 0 Å². The van der Waals surface area contributed by atoms with E-state index in [1.54, 1.807) is 19.4 Å². The number of hydrogen-bond donors (Lipinski definition) is 1. The minimum atomic E-state index is -0.499. The minimum absolute atomic E-state index is 0.0865. The highest BCUT2D eigenvalue weighted by Crippen LogP contribution is 2.19. The molecule has 5 nitrogen and oxygen atoms in total. The van der Waals surface area contributed by atoms with Gasteiger partial charge in [-0.1, -0.05) is 25.1 Å². The first kappa shape index (κ1) is 16.1. The van der Waals surface area contributed by atoms with Crippen molar-refractivity contribution in [1.29, 1.82) is 0 Å². The van der Waals surface area contributed by atoms with Gasteiger partial charge in [-0.05, 0) is 31.4 Å². The third-order valence-electron chi connectivity index (χ3n) is 3.48. The van der Waals surface area contributed by atoms with E-state index in [1.807, 2.05) is 35.0 Å². The fraction of sp³-hybridized carbons (Fsp3) is 0.412. The zero-order chi connectivity index (χ0) is 15.8. The second kappa shape index (κ2) is 8.22. The first-order valence-electron chi connectivity index (χ1n) is 7.68. The number of carbonyl (C=O) groups excluding carboxylic acids is 1. The average molecular weight is 301 g/mol. The highest BCUT2D eigenvalue weighted by Gasteiger charge is 2.15. The van der Waals surface area contributed by atoms with Crippen LogP contribution in [0.2, 0.25) is 0 Å². The Hall–Kier alpha value is -2.30. The lowest BCUT2D eigenvalue weighted by atomic mass is 10.1. The zero-order valence-corrected chi connectivity index (χ0v) is 13.2. The average Bonchev–Trinajstić information content (AvgIpc) is 3.05. The van der Waals surface area contributed by atoms with E-state index in [0.717, 1.165) is 30.7 Å². The van der Waals surface area contributed by atoms with E-state index < -0.39 is 6.10 Å². The predicted octanol–water partition coefficient (Wildman–Crippen LogP) is 2.42. The molecule has 0 spiro atoms. The van der Waals surface area contributed by atoms with Gasteiger partial charge in [0.2, 0.25) is 0 Å². The fourth-order valence-electron chi connectivity index (χ4n) is 2.19. The number of ether oxygens (including phenoxy) is 1. The molecule has 22 heavy (non-hydrogen) atoms. The van der Waals surface area contributed by atoms with Gasteiger partial charge in [0.1, 0.15) is 5.75 Å². The van der Waals surface area contributed by atoms with Crippen molar-refractivity contribution in [3.8, 4) is 5.75 Å². The van der Waals surface area contributed by atoms with Crippen molar-refractivity contribution in [2.24, 2.45) is 0 Å². The molecule has 0 aliphatic carbocycles. The molecule has 0 saturated carbocycles. The molecule has 1 aromatic carbocycles. The molecule has 0 saturated heterocycles.